The molecule has 1 N–H and O–H groups in total. The van der Waals surface area contributed by atoms with Crippen molar-refractivity contribution in [3.05, 3.63) is 63.9 Å². The highest BCUT2D eigenvalue weighted by Gasteiger charge is 2.11. The topological polar surface area (TPSA) is 33.1 Å². The van der Waals surface area contributed by atoms with Crippen LogP contribution in [0, 0.1) is 0 Å². The lowest BCUT2D eigenvalue weighted by atomic mass is 10.0. The molecule has 1 aromatic heterocycles. The Kier molecular flexibility index (Phi) is 3.44. The van der Waals surface area contributed by atoms with E-state index in [9.17, 15) is 5.11 Å². The maximum Gasteiger partial charge on any atom is 0.106 e. The number of rotatable bonds is 2. The van der Waals surface area contributed by atoms with E-state index in [1.54, 1.807) is 42.7 Å². The van der Waals surface area contributed by atoms with Gasteiger partial charge in [-0.15, -0.1) is 0 Å². The fraction of sp³-hybridized carbons (Fsp3) is 0.0833. The Morgan fingerprint density at radius 2 is 1.75 bits per heavy atom. The number of aromatic nitrogens is 1. The molecular weight excluding hydrogens is 245 g/mol. The molecule has 0 radical (unpaired) electrons. The third-order valence-corrected chi connectivity index (χ3v) is 2.64. The molecule has 0 fully saturated rings. The number of pyridine rings is 1. The molecule has 0 aliphatic heterocycles. The zero-order valence-electron chi connectivity index (χ0n) is 8.27. The van der Waals surface area contributed by atoms with Crippen molar-refractivity contribution in [2.75, 3.05) is 0 Å². The SMILES string of the molecule is OC(c1cccnc1)c1cc(Cl)cc(Cl)c1. The molecule has 1 unspecified atom stereocenters. The molecule has 0 amide bonds. The predicted octanol–water partition coefficient (Wildman–Crippen LogP) is 3.47. The van der Waals surface area contributed by atoms with E-state index in [0.717, 1.165) is 0 Å². The Labute approximate surface area is 103 Å². The minimum absolute atomic E-state index is 0.505. The third kappa shape index (κ3) is 2.53. The summed E-state index contributed by atoms with van der Waals surface area (Å²) < 4.78 is 0. The van der Waals surface area contributed by atoms with Crippen LogP contribution in [0.2, 0.25) is 10.0 Å². The molecule has 0 bridgehead atoms. The van der Waals surface area contributed by atoms with Crippen LogP contribution < -0.4 is 0 Å². The highest BCUT2D eigenvalue weighted by molar-refractivity contribution is 6.34. The number of aliphatic hydroxyl groups is 1. The molecule has 0 saturated carbocycles. The lowest BCUT2D eigenvalue weighted by Crippen LogP contribution is -1.99. The quantitative estimate of drug-likeness (QED) is 0.890. The molecule has 2 aromatic rings. The van der Waals surface area contributed by atoms with Crippen molar-refractivity contribution in [2.24, 2.45) is 0 Å². The van der Waals surface area contributed by atoms with Gasteiger partial charge in [-0.2, -0.15) is 0 Å². The van der Waals surface area contributed by atoms with Crippen molar-refractivity contribution in [2.45, 2.75) is 6.10 Å². The molecule has 0 saturated heterocycles. The molecular formula is C12H9Cl2NO. The molecule has 0 spiro atoms. The van der Waals surface area contributed by atoms with Crippen LogP contribution in [0.4, 0.5) is 0 Å². The fourth-order valence-corrected chi connectivity index (χ4v) is 2.01. The maximum absolute atomic E-state index is 10.1. The normalized spacial score (nSPS) is 12.4. The second-order valence-corrected chi connectivity index (χ2v) is 4.26. The van der Waals surface area contributed by atoms with Gasteiger partial charge in [-0.25, -0.2) is 0 Å². The van der Waals surface area contributed by atoms with Gasteiger partial charge in [0.25, 0.3) is 0 Å². The molecule has 16 heavy (non-hydrogen) atoms. The summed E-state index contributed by atoms with van der Waals surface area (Å²) in [5, 5.41) is 11.1. The maximum atomic E-state index is 10.1. The summed E-state index contributed by atoms with van der Waals surface area (Å²) >= 11 is 11.7. The molecule has 82 valence electrons. The van der Waals surface area contributed by atoms with E-state index < -0.39 is 6.10 Å². The van der Waals surface area contributed by atoms with E-state index >= 15 is 0 Å². The lowest BCUT2D eigenvalue weighted by molar-refractivity contribution is 0.220. The zero-order chi connectivity index (χ0) is 11.5. The van der Waals surface area contributed by atoms with Crippen LogP contribution in [0.15, 0.2) is 42.7 Å². The Balaban J connectivity index is 2.37. The number of benzene rings is 1. The Bertz CT molecular complexity index is 467. The van der Waals surface area contributed by atoms with Crippen molar-refractivity contribution in [1.29, 1.82) is 0 Å². The molecule has 0 aliphatic carbocycles. The van der Waals surface area contributed by atoms with Crippen LogP contribution in [0.1, 0.15) is 17.2 Å². The zero-order valence-corrected chi connectivity index (χ0v) is 9.78. The standard InChI is InChI=1S/C12H9Cl2NO/c13-10-4-9(5-11(14)6-10)12(16)8-2-1-3-15-7-8/h1-7,12,16H. The first kappa shape index (κ1) is 11.4. The van der Waals surface area contributed by atoms with Crippen LogP contribution in [0.3, 0.4) is 0 Å². The van der Waals surface area contributed by atoms with Gasteiger partial charge in [0.2, 0.25) is 0 Å². The summed E-state index contributed by atoms with van der Waals surface area (Å²) in [6, 6.07) is 8.57. The molecule has 1 aromatic carbocycles. The average Bonchev–Trinajstić information content (AvgIpc) is 2.28. The fourth-order valence-electron chi connectivity index (χ4n) is 1.46. The van der Waals surface area contributed by atoms with Gasteiger partial charge in [0, 0.05) is 28.0 Å². The van der Waals surface area contributed by atoms with Gasteiger partial charge in [-0.3, -0.25) is 4.98 Å². The highest BCUT2D eigenvalue weighted by atomic mass is 35.5. The van der Waals surface area contributed by atoms with Crippen LogP contribution >= 0.6 is 23.2 Å². The molecule has 0 aliphatic rings. The van der Waals surface area contributed by atoms with Crippen LogP contribution in [-0.2, 0) is 0 Å². The summed E-state index contributed by atoms with van der Waals surface area (Å²) in [5.74, 6) is 0. The molecule has 2 nitrogen and oxygen atoms in total. The van der Waals surface area contributed by atoms with Crippen LogP contribution in [0.25, 0.3) is 0 Å². The first-order valence-corrected chi connectivity index (χ1v) is 5.46. The smallest absolute Gasteiger partial charge is 0.106 e. The van der Waals surface area contributed by atoms with Crippen LogP contribution in [0.5, 0.6) is 0 Å². The number of halogens is 2. The van der Waals surface area contributed by atoms with Crippen molar-refractivity contribution < 1.29 is 5.11 Å². The van der Waals surface area contributed by atoms with E-state index in [1.807, 2.05) is 0 Å². The van der Waals surface area contributed by atoms with Gasteiger partial charge in [-0.1, -0.05) is 29.3 Å². The van der Waals surface area contributed by atoms with E-state index in [-0.39, 0.29) is 0 Å². The lowest BCUT2D eigenvalue weighted by Gasteiger charge is -2.11. The van der Waals surface area contributed by atoms with Crippen molar-refractivity contribution >= 4 is 23.2 Å². The van der Waals surface area contributed by atoms with Gasteiger partial charge in [0.05, 0.1) is 0 Å². The summed E-state index contributed by atoms with van der Waals surface area (Å²) in [6.07, 6.45) is 2.51. The second-order valence-electron chi connectivity index (χ2n) is 3.39. The van der Waals surface area contributed by atoms with Crippen LogP contribution in [-0.4, -0.2) is 10.1 Å². The molecule has 1 heterocycles. The van der Waals surface area contributed by atoms with Gasteiger partial charge >= 0.3 is 0 Å². The molecule has 4 heteroatoms. The number of hydrogen-bond donors (Lipinski definition) is 1. The predicted molar refractivity (Wildman–Crippen MR) is 64.8 cm³/mol. The van der Waals surface area contributed by atoms with Gasteiger partial charge in [0.15, 0.2) is 0 Å². The number of aliphatic hydroxyl groups excluding tert-OH is 1. The Morgan fingerprint density at radius 3 is 2.31 bits per heavy atom. The first-order valence-electron chi connectivity index (χ1n) is 4.71. The van der Waals surface area contributed by atoms with Gasteiger partial charge < -0.3 is 5.11 Å². The van der Waals surface area contributed by atoms with E-state index in [0.29, 0.717) is 21.2 Å². The largest absolute Gasteiger partial charge is 0.384 e. The minimum atomic E-state index is -0.759. The number of nitrogens with zero attached hydrogens (tertiary/aromatic N) is 1. The van der Waals surface area contributed by atoms with E-state index in [4.69, 9.17) is 23.2 Å². The first-order chi connectivity index (χ1) is 7.66. The van der Waals surface area contributed by atoms with Gasteiger partial charge in [-0.05, 0) is 29.8 Å². The average molecular weight is 254 g/mol. The molecule has 1 atom stereocenters. The van der Waals surface area contributed by atoms with E-state index in [2.05, 4.69) is 4.98 Å². The van der Waals surface area contributed by atoms with E-state index in [1.165, 1.54) is 0 Å². The number of hydrogen-bond acceptors (Lipinski definition) is 2. The second kappa shape index (κ2) is 4.83. The Hall–Kier alpha value is -1.09. The van der Waals surface area contributed by atoms with Crippen molar-refractivity contribution in [3.63, 3.8) is 0 Å². The monoisotopic (exact) mass is 253 g/mol. The Morgan fingerprint density at radius 1 is 1.06 bits per heavy atom. The summed E-state index contributed by atoms with van der Waals surface area (Å²) in [6.45, 7) is 0. The molecule has 2 rings (SSSR count). The van der Waals surface area contributed by atoms with Gasteiger partial charge in [0.1, 0.15) is 6.10 Å². The summed E-state index contributed by atoms with van der Waals surface area (Å²) in [7, 11) is 0. The summed E-state index contributed by atoms with van der Waals surface area (Å²) in [4.78, 5) is 3.95. The highest BCUT2D eigenvalue weighted by Crippen LogP contribution is 2.27. The minimum Gasteiger partial charge on any atom is -0.384 e. The third-order valence-electron chi connectivity index (χ3n) is 2.20. The van der Waals surface area contributed by atoms with Crippen molar-refractivity contribution in [3.8, 4) is 0 Å². The van der Waals surface area contributed by atoms with Crippen molar-refractivity contribution in [1.82, 2.24) is 4.98 Å². The summed E-state index contributed by atoms with van der Waals surface area (Å²) in [5.41, 5.74) is 1.37.